The minimum absolute atomic E-state index is 0.0864. The largest absolute Gasteiger partial charge is 0.366 e. The molecule has 0 bridgehead atoms. The number of likely N-dealkylation sites (N-methyl/N-ethyl adjacent to an activating group) is 1. The van der Waals surface area contributed by atoms with Crippen molar-refractivity contribution in [2.75, 3.05) is 13.6 Å². The molecule has 78 valence electrons. The highest BCUT2D eigenvalue weighted by Crippen LogP contribution is 1.96. The second kappa shape index (κ2) is 6.97. The van der Waals surface area contributed by atoms with Gasteiger partial charge in [0.05, 0.1) is 6.04 Å². The van der Waals surface area contributed by atoms with Gasteiger partial charge in [-0.2, -0.15) is 0 Å². The van der Waals surface area contributed by atoms with Crippen LogP contribution in [-0.4, -0.2) is 36.9 Å². The maximum absolute atomic E-state index is 10.9. The SMILES string of the molecule is CNC(CCCNC(N)O)C(C)=O. The summed E-state index contributed by atoms with van der Waals surface area (Å²) in [6.45, 7) is 2.18. The molecule has 0 saturated carbocycles. The van der Waals surface area contributed by atoms with E-state index in [1.165, 1.54) is 0 Å². The van der Waals surface area contributed by atoms with Crippen molar-refractivity contribution in [1.82, 2.24) is 10.6 Å². The van der Waals surface area contributed by atoms with E-state index in [0.29, 0.717) is 6.54 Å². The second-order valence-electron chi connectivity index (χ2n) is 2.99. The van der Waals surface area contributed by atoms with Gasteiger partial charge in [0, 0.05) is 0 Å². The number of aliphatic hydroxyl groups excluding tert-OH is 1. The predicted octanol–water partition coefficient (Wildman–Crippen LogP) is -1.23. The topological polar surface area (TPSA) is 87.4 Å². The summed E-state index contributed by atoms with van der Waals surface area (Å²) < 4.78 is 0. The van der Waals surface area contributed by atoms with E-state index in [1.807, 2.05) is 0 Å². The number of hydrogen-bond donors (Lipinski definition) is 4. The van der Waals surface area contributed by atoms with Crippen LogP contribution in [0.2, 0.25) is 0 Å². The highest BCUT2D eigenvalue weighted by molar-refractivity contribution is 5.81. The van der Waals surface area contributed by atoms with Gasteiger partial charge < -0.3 is 10.4 Å². The fourth-order valence-electron chi connectivity index (χ4n) is 1.11. The number of hydrogen-bond acceptors (Lipinski definition) is 5. The molecule has 0 rings (SSSR count). The highest BCUT2D eigenvalue weighted by atomic mass is 16.3. The fourth-order valence-corrected chi connectivity index (χ4v) is 1.11. The Labute approximate surface area is 78.7 Å². The third-order valence-corrected chi connectivity index (χ3v) is 1.86. The molecule has 0 aliphatic heterocycles. The zero-order valence-electron chi connectivity index (χ0n) is 8.21. The third kappa shape index (κ3) is 6.65. The van der Waals surface area contributed by atoms with Crippen LogP contribution in [0.25, 0.3) is 0 Å². The van der Waals surface area contributed by atoms with Crippen LogP contribution in [0.5, 0.6) is 0 Å². The summed E-state index contributed by atoms with van der Waals surface area (Å²) in [5.74, 6) is 0.135. The molecule has 5 heteroatoms. The molecule has 2 atom stereocenters. The number of carbonyl (C=O) groups is 1. The molecule has 0 radical (unpaired) electrons. The zero-order valence-corrected chi connectivity index (χ0v) is 8.21. The number of Topliss-reactive ketones (excluding diaryl/α,β-unsaturated/α-hetero) is 1. The van der Waals surface area contributed by atoms with Crippen molar-refractivity contribution >= 4 is 5.78 Å². The third-order valence-electron chi connectivity index (χ3n) is 1.86. The van der Waals surface area contributed by atoms with E-state index in [1.54, 1.807) is 14.0 Å². The smallest absolute Gasteiger partial charge is 0.157 e. The summed E-state index contributed by atoms with van der Waals surface area (Å²) in [5, 5.41) is 14.2. The van der Waals surface area contributed by atoms with Crippen LogP contribution in [-0.2, 0) is 4.79 Å². The van der Waals surface area contributed by atoms with Crippen molar-refractivity contribution in [2.45, 2.75) is 32.2 Å². The van der Waals surface area contributed by atoms with Gasteiger partial charge in [-0.1, -0.05) is 0 Å². The molecule has 0 fully saturated rings. The number of aliphatic hydroxyl groups is 1. The summed E-state index contributed by atoms with van der Waals surface area (Å²) in [4.78, 5) is 10.9. The first-order chi connectivity index (χ1) is 6.07. The van der Waals surface area contributed by atoms with E-state index in [2.05, 4.69) is 10.6 Å². The lowest BCUT2D eigenvalue weighted by Gasteiger charge is -2.13. The van der Waals surface area contributed by atoms with Gasteiger partial charge >= 0.3 is 0 Å². The number of ketones is 1. The summed E-state index contributed by atoms with van der Waals surface area (Å²) in [5.41, 5.74) is 5.06. The maximum Gasteiger partial charge on any atom is 0.157 e. The minimum Gasteiger partial charge on any atom is -0.366 e. The Morgan fingerprint density at radius 2 is 2.23 bits per heavy atom. The summed E-state index contributed by atoms with van der Waals surface area (Å²) in [7, 11) is 1.76. The highest BCUT2D eigenvalue weighted by Gasteiger charge is 2.10. The lowest BCUT2D eigenvalue weighted by atomic mass is 10.1. The molecule has 0 aromatic carbocycles. The van der Waals surface area contributed by atoms with Gasteiger partial charge in [-0.15, -0.1) is 0 Å². The second-order valence-corrected chi connectivity index (χ2v) is 2.99. The Bertz CT molecular complexity index is 150. The van der Waals surface area contributed by atoms with Crippen LogP contribution in [0.1, 0.15) is 19.8 Å². The number of carbonyl (C=O) groups excluding carboxylic acids is 1. The molecule has 0 amide bonds. The molecular weight excluding hydrogens is 170 g/mol. The molecule has 5 nitrogen and oxygen atoms in total. The van der Waals surface area contributed by atoms with E-state index in [-0.39, 0.29) is 11.8 Å². The van der Waals surface area contributed by atoms with Crippen LogP contribution in [0.4, 0.5) is 0 Å². The van der Waals surface area contributed by atoms with Crippen molar-refractivity contribution in [3.8, 4) is 0 Å². The molecule has 2 unspecified atom stereocenters. The van der Waals surface area contributed by atoms with Crippen LogP contribution in [0.3, 0.4) is 0 Å². The lowest BCUT2D eigenvalue weighted by Crippen LogP contribution is -2.38. The predicted molar refractivity (Wildman–Crippen MR) is 51.0 cm³/mol. The Hall–Kier alpha value is -0.490. The number of nitrogens with one attached hydrogen (secondary N) is 2. The molecule has 13 heavy (non-hydrogen) atoms. The van der Waals surface area contributed by atoms with Crippen molar-refractivity contribution in [2.24, 2.45) is 5.73 Å². The van der Waals surface area contributed by atoms with E-state index in [0.717, 1.165) is 12.8 Å². The van der Waals surface area contributed by atoms with Crippen LogP contribution in [0, 0.1) is 0 Å². The average Bonchev–Trinajstić information content (AvgIpc) is 2.03. The normalized spacial score (nSPS) is 15.4. The molecule has 0 heterocycles. The Morgan fingerprint density at radius 3 is 2.62 bits per heavy atom. The first-order valence-corrected chi connectivity index (χ1v) is 4.42. The summed E-state index contributed by atoms with van der Waals surface area (Å²) in [6, 6.07) is -0.0864. The monoisotopic (exact) mass is 189 g/mol. The van der Waals surface area contributed by atoms with Gasteiger partial charge in [-0.25, -0.2) is 0 Å². The van der Waals surface area contributed by atoms with E-state index in [9.17, 15) is 4.79 Å². The standard InChI is InChI=1S/C8H19N3O2/c1-6(12)7(10-2)4-3-5-11-8(9)13/h7-8,10-11,13H,3-5,9H2,1-2H3. The van der Waals surface area contributed by atoms with Gasteiger partial charge in [0.15, 0.2) is 6.35 Å². The van der Waals surface area contributed by atoms with Gasteiger partial charge in [0.2, 0.25) is 0 Å². The van der Waals surface area contributed by atoms with Gasteiger partial charge in [-0.05, 0) is 33.4 Å². The summed E-state index contributed by atoms with van der Waals surface area (Å²) >= 11 is 0. The average molecular weight is 189 g/mol. The van der Waals surface area contributed by atoms with E-state index < -0.39 is 6.35 Å². The van der Waals surface area contributed by atoms with Crippen molar-refractivity contribution in [3.63, 3.8) is 0 Å². The Kier molecular flexibility index (Phi) is 6.70. The molecular formula is C8H19N3O2. The fraction of sp³-hybridized carbons (Fsp3) is 0.875. The van der Waals surface area contributed by atoms with Gasteiger partial charge in [0.25, 0.3) is 0 Å². The lowest BCUT2D eigenvalue weighted by molar-refractivity contribution is -0.119. The molecule has 5 N–H and O–H groups in total. The molecule has 0 aromatic heterocycles. The molecule has 0 aliphatic carbocycles. The van der Waals surface area contributed by atoms with Crippen LogP contribution >= 0.6 is 0 Å². The van der Waals surface area contributed by atoms with Crippen LogP contribution in [0.15, 0.2) is 0 Å². The zero-order chi connectivity index (χ0) is 10.3. The first-order valence-electron chi connectivity index (χ1n) is 4.42. The number of rotatable bonds is 7. The maximum atomic E-state index is 10.9. The van der Waals surface area contributed by atoms with Crippen molar-refractivity contribution in [3.05, 3.63) is 0 Å². The quantitative estimate of drug-likeness (QED) is 0.297. The van der Waals surface area contributed by atoms with E-state index >= 15 is 0 Å². The first kappa shape index (κ1) is 12.5. The number of nitrogens with two attached hydrogens (primary N) is 1. The van der Waals surface area contributed by atoms with Crippen molar-refractivity contribution < 1.29 is 9.90 Å². The minimum atomic E-state index is -0.967. The molecule has 0 aliphatic rings. The molecule has 0 spiro atoms. The molecule has 0 aromatic rings. The van der Waals surface area contributed by atoms with Crippen molar-refractivity contribution in [1.29, 1.82) is 0 Å². The summed E-state index contributed by atoms with van der Waals surface area (Å²) in [6.07, 6.45) is 0.593. The Morgan fingerprint density at radius 1 is 1.62 bits per heavy atom. The molecule has 0 saturated heterocycles. The van der Waals surface area contributed by atoms with Gasteiger partial charge in [0.1, 0.15) is 5.78 Å². The van der Waals surface area contributed by atoms with E-state index in [4.69, 9.17) is 10.8 Å². The van der Waals surface area contributed by atoms with Gasteiger partial charge in [-0.3, -0.25) is 15.8 Å². The van der Waals surface area contributed by atoms with Crippen LogP contribution < -0.4 is 16.4 Å². The Balaban J connectivity index is 3.44.